The molecule has 0 aliphatic rings. The first-order valence-electron chi connectivity index (χ1n) is 4.59. The maximum absolute atomic E-state index is 11.8. The van der Waals surface area contributed by atoms with Crippen LogP contribution in [0.4, 0.5) is 8.78 Å². The van der Waals surface area contributed by atoms with Crippen LogP contribution in [0.1, 0.15) is 17.3 Å². The molecule has 0 spiro atoms. The Morgan fingerprint density at radius 2 is 2.33 bits per heavy atom. The molecule has 0 fully saturated rings. The third kappa shape index (κ3) is 4.65. The van der Waals surface area contributed by atoms with E-state index >= 15 is 0 Å². The van der Waals surface area contributed by atoms with E-state index in [0.717, 1.165) is 4.88 Å². The summed E-state index contributed by atoms with van der Waals surface area (Å²) in [5.41, 5.74) is 2.64. The molecule has 1 heterocycles. The maximum Gasteiger partial charge on any atom is 0.261 e. The van der Waals surface area contributed by atoms with Crippen molar-refractivity contribution in [3.05, 3.63) is 22.4 Å². The first-order chi connectivity index (χ1) is 7.24. The van der Waals surface area contributed by atoms with Crippen LogP contribution in [0.25, 0.3) is 0 Å². The molecule has 1 atom stereocenters. The van der Waals surface area contributed by atoms with Crippen molar-refractivity contribution in [2.24, 2.45) is 5.84 Å². The van der Waals surface area contributed by atoms with Crippen LogP contribution in [0.15, 0.2) is 17.5 Å². The number of nitrogens with one attached hydrogen (secondary N) is 1. The van der Waals surface area contributed by atoms with Gasteiger partial charge in [0.1, 0.15) is 6.61 Å². The molecule has 15 heavy (non-hydrogen) atoms. The van der Waals surface area contributed by atoms with Crippen molar-refractivity contribution < 1.29 is 13.5 Å². The van der Waals surface area contributed by atoms with Crippen LogP contribution in [-0.2, 0) is 4.74 Å². The molecule has 1 unspecified atom stereocenters. The van der Waals surface area contributed by atoms with Gasteiger partial charge in [0.2, 0.25) is 0 Å². The van der Waals surface area contributed by atoms with E-state index in [0.29, 0.717) is 6.42 Å². The zero-order valence-corrected chi connectivity index (χ0v) is 8.97. The van der Waals surface area contributed by atoms with Crippen LogP contribution >= 0.6 is 11.3 Å². The summed E-state index contributed by atoms with van der Waals surface area (Å²) in [5.74, 6) is 5.36. The Bertz CT molecular complexity index is 257. The van der Waals surface area contributed by atoms with Crippen LogP contribution in [0, 0.1) is 0 Å². The lowest BCUT2D eigenvalue weighted by Gasteiger charge is -2.13. The standard InChI is InChI=1S/C9H14F2N2OS/c10-9(11)6-14-4-3-7(13-12)8-2-1-5-15-8/h1-2,5,7,9,13H,3-4,6,12H2. The van der Waals surface area contributed by atoms with E-state index in [1.54, 1.807) is 11.3 Å². The molecular formula is C9H14F2N2OS. The molecule has 0 aliphatic heterocycles. The van der Waals surface area contributed by atoms with E-state index in [4.69, 9.17) is 10.6 Å². The predicted octanol–water partition coefficient (Wildman–Crippen LogP) is 1.92. The number of hydrogen-bond acceptors (Lipinski definition) is 4. The number of rotatable bonds is 7. The molecule has 0 radical (unpaired) electrons. The van der Waals surface area contributed by atoms with Crippen molar-refractivity contribution in [3.63, 3.8) is 0 Å². The van der Waals surface area contributed by atoms with Gasteiger partial charge >= 0.3 is 0 Å². The minimum Gasteiger partial charge on any atom is -0.375 e. The quantitative estimate of drug-likeness (QED) is 0.432. The molecule has 0 saturated heterocycles. The van der Waals surface area contributed by atoms with Gasteiger partial charge in [0.25, 0.3) is 6.43 Å². The number of ether oxygens (including phenoxy) is 1. The molecule has 0 aliphatic carbocycles. The lowest BCUT2D eigenvalue weighted by molar-refractivity contribution is 0.0144. The molecule has 1 aromatic heterocycles. The first-order valence-corrected chi connectivity index (χ1v) is 5.47. The fourth-order valence-electron chi connectivity index (χ4n) is 1.17. The van der Waals surface area contributed by atoms with Crippen molar-refractivity contribution in [3.8, 4) is 0 Å². The van der Waals surface area contributed by atoms with Crippen LogP contribution in [0.2, 0.25) is 0 Å². The highest BCUT2D eigenvalue weighted by Gasteiger charge is 2.10. The average Bonchev–Trinajstić information content (AvgIpc) is 2.70. The van der Waals surface area contributed by atoms with Crippen molar-refractivity contribution in [2.45, 2.75) is 18.9 Å². The van der Waals surface area contributed by atoms with Gasteiger partial charge in [-0.15, -0.1) is 11.3 Å². The molecular weight excluding hydrogens is 222 g/mol. The van der Waals surface area contributed by atoms with Gasteiger partial charge in [-0.25, -0.2) is 8.78 Å². The lowest BCUT2D eigenvalue weighted by atomic mass is 10.2. The van der Waals surface area contributed by atoms with Gasteiger partial charge in [-0.05, 0) is 17.9 Å². The summed E-state index contributed by atoms with van der Waals surface area (Å²) in [7, 11) is 0. The van der Waals surface area contributed by atoms with Crippen molar-refractivity contribution in [2.75, 3.05) is 13.2 Å². The molecule has 0 bridgehead atoms. The average molecular weight is 236 g/mol. The molecule has 1 aromatic rings. The minimum atomic E-state index is -2.41. The monoisotopic (exact) mass is 236 g/mol. The third-order valence-electron chi connectivity index (χ3n) is 1.88. The molecule has 1 rings (SSSR count). The van der Waals surface area contributed by atoms with Crippen LogP contribution < -0.4 is 11.3 Å². The molecule has 86 valence electrons. The largest absolute Gasteiger partial charge is 0.375 e. The summed E-state index contributed by atoms with van der Waals surface area (Å²) in [4.78, 5) is 1.08. The van der Waals surface area contributed by atoms with Gasteiger partial charge in [0, 0.05) is 11.5 Å². The maximum atomic E-state index is 11.8. The fourth-order valence-corrected chi connectivity index (χ4v) is 1.99. The summed E-state index contributed by atoms with van der Waals surface area (Å²) in [6, 6.07) is 3.84. The van der Waals surface area contributed by atoms with E-state index in [-0.39, 0.29) is 12.6 Å². The summed E-state index contributed by atoms with van der Waals surface area (Å²) < 4.78 is 28.3. The van der Waals surface area contributed by atoms with Crippen LogP contribution in [-0.4, -0.2) is 19.6 Å². The highest BCUT2D eigenvalue weighted by atomic mass is 32.1. The zero-order chi connectivity index (χ0) is 11.1. The predicted molar refractivity (Wildman–Crippen MR) is 55.8 cm³/mol. The highest BCUT2D eigenvalue weighted by molar-refractivity contribution is 7.10. The van der Waals surface area contributed by atoms with Crippen molar-refractivity contribution in [1.82, 2.24) is 5.43 Å². The minimum absolute atomic E-state index is 0.0253. The Labute approximate surface area is 91.2 Å². The second-order valence-corrected chi connectivity index (χ2v) is 3.97. The van der Waals surface area contributed by atoms with Crippen molar-refractivity contribution >= 4 is 11.3 Å². The Morgan fingerprint density at radius 3 is 2.87 bits per heavy atom. The summed E-state index contributed by atoms with van der Waals surface area (Å²) in [6.45, 7) is -0.237. The van der Waals surface area contributed by atoms with E-state index in [1.165, 1.54) is 0 Å². The number of alkyl halides is 2. The summed E-state index contributed by atoms with van der Waals surface area (Å²) >= 11 is 1.57. The van der Waals surface area contributed by atoms with E-state index < -0.39 is 13.0 Å². The number of halogens is 2. The molecule has 3 nitrogen and oxygen atoms in total. The van der Waals surface area contributed by atoms with Gasteiger partial charge in [-0.1, -0.05) is 6.07 Å². The summed E-state index contributed by atoms with van der Waals surface area (Å²) in [5, 5.41) is 1.94. The fraction of sp³-hybridized carbons (Fsp3) is 0.556. The van der Waals surface area contributed by atoms with E-state index in [9.17, 15) is 8.78 Å². The number of hydrazine groups is 1. The molecule has 0 amide bonds. The zero-order valence-electron chi connectivity index (χ0n) is 8.16. The number of thiophene rings is 1. The van der Waals surface area contributed by atoms with Gasteiger partial charge in [-0.3, -0.25) is 11.3 Å². The topological polar surface area (TPSA) is 47.3 Å². The SMILES string of the molecule is NNC(CCOCC(F)F)c1cccs1. The van der Waals surface area contributed by atoms with Gasteiger partial charge in [0.15, 0.2) is 0 Å². The van der Waals surface area contributed by atoms with E-state index in [2.05, 4.69) is 5.43 Å². The van der Waals surface area contributed by atoms with Gasteiger partial charge in [-0.2, -0.15) is 0 Å². The first kappa shape index (κ1) is 12.5. The molecule has 0 saturated carbocycles. The second kappa shape index (κ2) is 6.84. The lowest BCUT2D eigenvalue weighted by Crippen LogP contribution is -2.28. The highest BCUT2D eigenvalue weighted by Crippen LogP contribution is 2.20. The number of nitrogens with two attached hydrogens (primary N) is 1. The molecule has 3 N–H and O–H groups in total. The molecule has 0 aromatic carbocycles. The van der Waals surface area contributed by atoms with E-state index in [1.807, 2.05) is 17.5 Å². The molecule has 6 heteroatoms. The van der Waals surface area contributed by atoms with Crippen LogP contribution in [0.3, 0.4) is 0 Å². The van der Waals surface area contributed by atoms with Crippen LogP contribution in [0.5, 0.6) is 0 Å². The number of hydrogen-bond donors (Lipinski definition) is 2. The normalized spacial score (nSPS) is 13.3. The smallest absolute Gasteiger partial charge is 0.261 e. The Morgan fingerprint density at radius 1 is 1.53 bits per heavy atom. The van der Waals surface area contributed by atoms with Gasteiger partial charge < -0.3 is 4.74 Å². The van der Waals surface area contributed by atoms with Gasteiger partial charge in [0.05, 0.1) is 6.04 Å². The second-order valence-electron chi connectivity index (χ2n) is 2.99. The summed E-state index contributed by atoms with van der Waals surface area (Å²) in [6.07, 6.45) is -1.82. The Kier molecular flexibility index (Phi) is 5.70. The third-order valence-corrected chi connectivity index (χ3v) is 2.87. The van der Waals surface area contributed by atoms with Crippen molar-refractivity contribution in [1.29, 1.82) is 0 Å². The Hall–Kier alpha value is -0.560. The Balaban J connectivity index is 2.23.